The third-order valence-electron chi connectivity index (χ3n) is 2.87. The van der Waals surface area contributed by atoms with E-state index in [1.165, 1.54) is 16.8 Å². The van der Waals surface area contributed by atoms with E-state index in [4.69, 9.17) is 0 Å². The maximum absolute atomic E-state index is 4.47. The lowest BCUT2D eigenvalue weighted by atomic mass is 10.1. The number of aryl methyl sites for hydroxylation is 2. The summed E-state index contributed by atoms with van der Waals surface area (Å²) in [5, 5.41) is 0. The van der Waals surface area contributed by atoms with Crippen molar-refractivity contribution in [3.05, 3.63) is 47.7 Å². The molecule has 0 fully saturated rings. The van der Waals surface area contributed by atoms with Gasteiger partial charge in [-0.2, -0.15) is 0 Å². The lowest BCUT2D eigenvalue weighted by molar-refractivity contribution is 0.806. The molecule has 92 valence electrons. The molecule has 0 amide bonds. The molecule has 0 aliphatic heterocycles. The molecule has 0 spiro atoms. The number of hydrogen-bond acceptors (Lipinski definition) is 1. The monoisotopic (exact) mass is 229 g/mol. The van der Waals surface area contributed by atoms with Gasteiger partial charge in [-0.15, -0.1) is 0 Å². The maximum atomic E-state index is 4.47. The van der Waals surface area contributed by atoms with Crippen molar-refractivity contribution in [1.82, 2.24) is 0 Å². The number of allylic oxidation sites excluding steroid dienone is 1. The van der Waals surface area contributed by atoms with E-state index in [0.29, 0.717) is 0 Å². The van der Waals surface area contributed by atoms with Crippen LogP contribution in [-0.2, 0) is 6.42 Å². The fraction of sp³-hybridized carbons (Fsp3) is 0.438. The molecule has 0 radical (unpaired) electrons. The molecule has 1 aromatic rings. The Morgan fingerprint density at radius 2 is 2.12 bits per heavy atom. The second kappa shape index (κ2) is 7.05. The standard InChI is InChI=1S/C16H23N/c1-5-14(3)17-15(4)9-7-11-16-10-6-8-13(2)12-16/h6,8,10,12H,4-5,7,9,11H2,1-3H3. The van der Waals surface area contributed by atoms with Crippen molar-refractivity contribution >= 4 is 5.71 Å². The van der Waals surface area contributed by atoms with E-state index in [2.05, 4.69) is 56.6 Å². The van der Waals surface area contributed by atoms with Gasteiger partial charge in [0.1, 0.15) is 0 Å². The summed E-state index contributed by atoms with van der Waals surface area (Å²) in [5.74, 6) is 0. The summed E-state index contributed by atoms with van der Waals surface area (Å²) in [6.45, 7) is 10.3. The van der Waals surface area contributed by atoms with Gasteiger partial charge in [-0.1, -0.05) is 43.3 Å². The van der Waals surface area contributed by atoms with Crippen LogP contribution >= 0.6 is 0 Å². The number of hydrogen-bond donors (Lipinski definition) is 0. The largest absolute Gasteiger partial charge is 0.263 e. The van der Waals surface area contributed by atoms with E-state index in [1.807, 2.05) is 0 Å². The van der Waals surface area contributed by atoms with Gasteiger partial charge in [0.15, 0.2) is 0 Å². The van der Waals surface area contributed by atoms with Crippen molar-refractivity contribution < 1.29 is 0 Å². The van der Waals surface area contributed by atoms with Gasteiger partial charge in [-0.3, -0.25) is 4.99 Å². The number of nitrogens with zero attached hydrogens (tertiary/aromatic N) is 1. The molecule has 0 aliphatic rings. The summed E-state index contributed by atoms with van der Waals surface area (Å²) in [6.07, 6.45) is 4.24. The van der Waals surface area contributed by atoms with Gasteiger partial charge in [-0.05, 0) is 45.1 Å². The normalized spacial score (nSPS) is 11.6. The molecule has 0 saturated heterocycles. The van der Waals surface area contributed by atoms with Crippen LogP contribution in [-0.4, -0.2) is 5.71 Å². The van der Waals surface area contributed by atoms with Crippen LogP contribution in [0.5, 0.6) is 0 Å². The van der Waals surface area contributed by atoms with Gasteiger partial charge in [0.2, 0.25) is 0 Å². The Labute approximate surface area is 105 Å². The lowest BCUT2D eigenvalue weighted by Crippen LogP contribution is -1.91. The molecule has 1 rings (SSSR count). The molecule has 1 nitrogen and oxygen atoms in total. The smallest absolute Gasteiger partial charge is 0.0331 e. The topological polar surface area (TPSA) is 12.4 Å². The zero-order chi connectivity index (χ0) is 12.7. The van der Waals surface area contributed by atoms with E-state index < -0.39 is 0 Å². The number of aliphatic imine (C=N–C) groups is 1. The lowest BCUT2D eigenvalue weighted by Gasteiger charge is -2.04. The fourth-order valence-electron chi connectivity index (χ4n) is 1.77. The van der Waals surface area contributed by atoms with Crippen molar-refractivity contribution in [2.24, 2.45) is 4.99 Å². The molecule has 0 heterocycles. The second-order valence-corrected chi connectivity index (χ2v) is 4.61. The third-order valence-corrected chi connectivity index (χ3v) is 2.87. The third kappa shape index (κ3) is 5.48. The molecule has 17 heavy (non-hydrogen) atoms. The maximum Gasteiger partial charge on any atom is 0.0331 e. The quantitative estimate of drug-likeness (QED) is 0.627. The Hall–Kier alpha value is -1.37. The Bertz CT molecular complexity index is 402. The SMILES string of the molecule is C=C(CCCc1cccc(C)c1)N=C(C)CC. The molecule has 0 saturated carbocycles. The molecule has 0 bridgehead atoms. The molecule has 0 atom stereocenters. The summed E-state index contributed by atoms with van der Waals surface area (Å²) in [6, 6.07) is 8.70. The Morgan fingerprint density at radius 3 is 2.76 bits per heavy atom. The fourth-order valence-corrected chi connectivity index (χ4v) is 1.77. The minimum Gasteiger partial charge on any atom is -0.263 e. The summed E-state index contributed by atoms with van der Waals surface area (Å²) >= 11 is 0. The first kappa shape index (κ1) is 13.7. The number of benzene rings is 1. The predicted octanol–water partition coefficient (Wildman–Crippen LogP) is 4.70. The highest BCUT2D eigenvalue weighted by Crippen LogP contribution is 2.11. The van der Waals surface area contributed by atoms with Gasteiger partial charge < -0.3 is 0 Å². The molecule has 1 aromatic carbocycles. The number of rotatable bonds is 6. The highest BCUT2D eigenvalue weighted by Gasteiger charge is 1.96. The second-order valence-electron chi connectivity index (χ2n) is 4.61. The van der Waals surface area contributed by atoms with Crippen molar-refractivity contribution in [1.29, 1.82) is 0 Å². The van der Waals surface area contributed by atoms with Gasteiger partial charge >= 0.3 is 0 Å². The van der Waals surface area contributed by atoms with Crippen molar-refractivity contribution in [2.45, 2.75) is 46.5 Å². The first-order chi connectivity index (χ1) is 8.11. The highest BCUT2D eigenvalue weighted by molar-refractivity contribution is 5.82. The van der Waals surface area contributed by atoms with Crippen molar-refractivity contribution in [3.63, 3.8) is 0 Å². The van der Waals surface area contributed by atoms with Crippen LogP contribution in [0.2, 0.25) is 0 Å². The minimum atomic E-state index is 0.991. The average molecular weight is 229 g/mol. The summed E-state index contributed by atoms with van der Waals surface area (Å²) in [4.78, 5) is 4.47. The zero-order valence-electron chi connectivity index (χ0n) is 11.3. The predicted molar refractivity (Wildman–Crippen MR) is 76.7 cm³/mol. The first-order valence-electron chi connectivity index (χ1n) is 6.39. The molecule has 0 N–H and O–H groups in total. The van der Waals surface area contributed by atoms with Gasteiger partial charge in [0.25, 0.3) is 0 Å². The Morgan fingerprint density at radius 1 is 1.35 bits per heavy atom. The van der Waals surface area contributed by atoms with Gasteiger partial charge in [0.05, 0.1) is 0 Å². The minimum absolute atomic E-state index is 0.991. The average Bonchev–Trinajstić information content (AvgIpc) is 2.29. The van der Waals surface area contributed by atoms with Crippen LogP contribution in [0.3, 0.4) is 0 Å². The molecule has 0 unspecified atom stereocenters. The van der Waals surface area contributed by atoms with E-state index in [-0.39, 0.29) is 0 Å². The van der Waals surface area contributed by atoms with Gasteiger partial charge in [-0.25, -0.2) is 0 Å². The van der Waals surface area contributed by atoms with Crippen LogP contribution in [0, 0.1) is 6.92 Å². The van der Waals surface area contributed by atoms with Crippen LogP contribution < -0.4 is 0 Å². The summed E-state index contributed by atoms with van der Waals surface area (Å²) in [7, 11) is 0. The van der Waals surface area contributed by atoms with Gasteiger partial charge in [0, 0.05) is 11.4 Å². The van der Waals surface area contributed by atoms with E-state index in [0.717, 1.165) is 31.4 Å². The van der Waals surface area contributed by atoms with Crippen molar-refractivity contribution in [2.75, 3.05) is 0 Å². The van der Waals surface area contributed by atoms with E-state index in [1.54, 1.807) is 0 Å². The molecular weight excluding hydrogens is 206 g/mol. The zero-order valence-corrected chi connectivity index (χ0v) is 11.3. The van der Waals surface area contributed by atoms with Crippen LogP contribution in [0.15, 0.2) is 41.5 Å². The molecular formula is C16H23N. The van der Waals surface area contributed by atoms with E-state index >= 15 is 0 Å². The molecule has 0 aromatic heterocycles. The first-order valence-corrected chi connectivity index (χ1v) is 6.39. The van der Waals surface area contributed by atoms with Crippen LogP contribution in [0.1, 0.15) is 44.2 Å². The van der Waals surface area contributed by atoms with Crippen LogP contribution in [0.4, 0.5) is 0 Å². The molecule has 0 aliphatic carbocycles. The van der Waals surface area contributed by atoms with Crippen molar-refractivity contribution in [3.8, 4) is 0 Å². The van der Waals surface area contributed by atoms with Crippen LogP contribution in [0.25, 0.3) is 0 Å². The summed E-state index contributed by atoms with van der Waals surface area (Å²) in [5.41, 5.74) is 4.93. The summed E-state index contributed by atoms with van der Waals surface area (Å²) < 4.78 is 0. The Kier molecular flexibility index (Phi) is 5.68. The highest BCUT2D eigenvalue weighted by atomic mass is 14.7. The Balaban J connectivity index is 2.36. The van der Waals surface area contributed by atoms with E-state index in [9.17, 15) is 0 Å². The molecule has 1 heteroatoms.